The van der Waals surface area contributed by atoms with Crippen LogP contribution < -0.4 is 4.90 Å². The lowest BCUT2D eigenvalue weighted by molar-refractivity contribution is 0.220. The molecule has 2 aromatic carbocycles. The molecule has 44 heavy (non-hydrogen) atoms. The normalized spacial score (nSPS) is 15.3. The maximum Gasteiger partial charge on any atom is 0.162 e. The topological polar surface area (TPSA) is 32.3 Å². The van der Waals surface area contributed by atoms with Crippen molar-refractivity contribution in [3.63, 3.8) is 0 Å². The summed E-state index contributed by atoms with van der Waals surface area (Å²) in [5, 5.41) is 0. The summed E-state index contributed by atoms with van der Waals surface area (Å²) in [7, 11) is 2.32. The van der Waals surface area contributed by atoms with E-state index < -0.39 is 0 Å². The fourth-order valence-corrected chi connectivity index (χ4v) is 6.48. The molecule has 0 radical (unpaired) electrons. The number of nitrogens with zero attached hydrogens (tertiary/aromatic N) is 4. The third-order valence-corrected chi connectivity index (χ3v) is 9.38. The van der Waals surface area contributed by atoms with E-state index in [0.29, 0.717) is 12.0 Å². The van der Waals surface area contributed by atoms with Gasteiger partial charge in [-0.15, -0.1) is 0 Å². The molecule has 1 heterocycles. The maximum absolute atomic E-state index is 5.48. The van der Waals surface area contributed by atoms with Crippen molar-refractivity contribution in [2.45, 2.75) is 132 Å². The summed E-state index contributed by atoms with van der Waals surface area (Å²) in [6, 6.07) is 16.3. The van der Waals surface area contributed by atoms with E-state index in [1.54, 1.807) is 0 Å². The van der Waals surface area contributed by atoms with Gasteiger partial charge in [0, 0.05) is 42.5 Å². The Morgan fingerprint density at radius 1 is 0.864 bits per heavy atom. The number of aryl methyl sites for hydroxylation is 4. The van der Waals surface area contributed by atoms with Crippen molar-refractivity contribution < 1.29 is 0 Å². The van der Waals surface area contributed by atoms with Crippen LogP contribution in [-0.4, -0.2) is 41.0 Å². The fraction of sp³-hybridized carbons (Fsp3) is 0.600. The van der Waals surface area contributed by atoms with Gasteiger partial charge in [-0.1, -0.05) is 104 Å². The molecule has 0 saturated heterocycles. The van der Waals surface area contributed by atoms with Gasteiger partial charge in [-0.05, 0) is 93.5 Å². The summed E-state index contributed by atoms with van der Waals surface area (Å²) < 4.78 is 0. The van der Waals surface area contributed by atoms with Gasteiger partial charge in [0.05, 0.1) is 0 Å². The first-order valence-electron chi connectivity index (χ1n) is 17.8. The first-order chi connectivity index (χ1) is 21.3. The average molecular weight is 599 g/mol. The van der Waals surface area contributed by atoms with Gasteiger partial charge in [0.25, 0.3) is 0 Å². The van der Waals surface area contributed by atoms with E-state index in [1.165, 1.54) is 71.9 Å². The zero-order chi connectivity index (χ0) is 32.1. The standard InChI is InChI=1S/C37H54N4.C3H8/c1-8-23-41(24-22-27(5)9-2)37-34(26-40(7)33-21-15-20-31-16-12-13-17-32(31)25-33)28(6)38-36(39-37)35-29(10-3)18-14-19-30(35)11-4;1-3-2/h12-14,16-19,27,33H,8-11,15,20-26H2,1-7H3;3H2,1-2H3/t27-,33+;/m1./s1. The smallest absolute Gasteiger partial charge is 0.162 e. The van der Waals surface area contributed by atoms with Gasteiger partial charge >= 0.3 is 0 Å². The molecule has 4 heteroatoms. The summed E-state index contributed by atoms with van der Waals surface area (Å²) in [4.78, 5) is 15.9. The molecule has 0 spiro atoms. The Balaban J connectivity index is 0.00000169. The molecule has 0 fully saturated rings. The SMILES string of the molecule is CCC.CCCN(CC[C@H](C)CC)c1nc(-c2c(CC)cccc2CC)nc(C)c1CN(C)[C@H]1CCCc2ccccc2C1. The Morgan fingerprint density at radius 3 is 2.14 bits per heavy atom. The largest absolute Gasteiger partial charge is 0.356 e. The molecule has 4 rings (SSSR count). The number of rotatable bonds is 13. The molecular formula is C40H62N4. The number of hydrogen-bond donors (Lipinski definition) is 0. The number of benzene rings is 2. The minimum atomic E-state index is 0.526. The van der Waals surface area contributed by atoms with Crippen molar-refractivity contribution in [3.8, 4) is 11.4 Å². The van der Waals surface area contributed by atoms with Crippen molar-refractivity contribution in [2.24, 2.45) is 5.92 Å². The molecule has 4 nitrogen and oxygen atoms in total. The number of likely N-dealkylation sites (N-methyl/N-ethyl adjacent to an activating group) is 1. The van der Waals surface area contributed by atoms with E-state index in [9.17, 15) is 0 Å². The first kappa shape index (κ1) is 35.8. The molecule has 0 amide bonds. The molecule has 0 saturated carbocycles. The Labute approximate surface area is 270 Å². The molecule has 1 aliphatic carbocycles. The zero-order valence-electron chi connectivity index (χ0n) is 29.7. The van der Waals surface area contributed by atoms with Crippen molar-refractivity contribution in [2.75, 3.05) is 25.0 Å². The summed E-state index contributed by atoms with van der Waals surface area (Å²) in [6.07, 6.45) is 11.5. The Morgan fingerprint density at radius 2 is 1.52 bits per heavy atom. The van der Waals surface area contributed by atoms with E-state index >= 15 is 0 Å². The average Bonchev–Trinajstić information content (AvgIpc) is 3.26. The highest BCUT2D eigenvalue weighted by Crippen LogP contribution is 2.33. The highest BCUT2D eigenvalue weighted by molar-refractivity contribution is 5.68. The molecule has 1 aliphatic rings. The molecule has 0 unspecified atom stereocenters. The van der Waals surface area contributed by atoms with Crippen LogP contribution in [0.15, 0.2) is 42.5 Å². The van der Waals surface area contributed by atoms with Crippen LogP contribution in [0.2, 0.25) is 0 Å². The number of fused-ring (bicyclic) bond motifs is 1. The minimum absolute atomic E-state index is 0.526. The molecular weight excluding hydrogens is 536 g/mol. The van der Waals surface area contributed by atoms with Crippen LogP contribution >= 0.6 is 0 Å². The maximum atomic E-state index is 5.48. The molecule has 2 atom stereocenters. The Hall–Kier alpha value is -2.72. The third-order valence-electron chi connectivity index (χ3n) is 9.38. The highest BCUT2D eigenvalue weighted by atomic mass is 15.2. The molecule has 3 aromatic rings. The summed E-state index contributed by atoms with van der Waals surface area (Å²) in [5.41, 5.74) is 9.43. The lowest BCUT2D eigenvalue weighted by Crippen LogP contribution is -2.35. The summed E-state index contributed by atoms with van der Waals surface area (Å²) in [5.74, 6) is 2.78. The quantitative estimate of drug-likeness (QED) is 0.183. The number of hydrogen-bond acceptors (Lipinski definition) is 4. The van der Waals surface area contributed by atoms with Gasteiger partial charge in [0.1, 0.15) is 5.82 Å². The lowest BCUT2D eigenvalue weighted by atomic mass is 9.96. The fourth-order valence-electron chi connectivity index (χ4n) is 6.48. The van der Waals surface area contributed by atoms with E-state index in [2.05, 4.69) is 115 Å². The van der Waals surface area contributed by atoms with Crippen molar-refractivity contribution in [3.05, 3.63) is 76.0 Å². The van der Waals surface area contributed by atoms with Gasteiger partial charge < -0.3 is 4.90 Å². The first-order valence-corrected chi connectivity index (χ1v) is 17.8. The van der Waals surface area contributed by atoms with Crippen LogP contribution in [0.5, 0.6) is 0 Å². The molecule has 0 N–H and O–H groups in total. The van der Waals surface area contributed by atoms with Crippen molar-refractivity contribution in [1.82, 2.24) is 14.9 Å². The van der Waals surface area contributed by atoms with Crippen LogP contribution in [-0.2, 0) is 32.2 Å². The molecule has 242 valence electrons. The van der Waals surface area contributed by atoms with Crippen LogP contribution in [0.1, 0.15) is 121 Å². The summed E-state index contributed by atoms with van der Waals surface area (Å²) >= 11 is 0. The van der Waals surface area contributed by atoms with Crippen LogP contribution in [0, 0.1) is 12.8 Å². The summed E-state index contributed by atoms with van der Waals surface area (Å²) in [6.45, 7) is 20.9. The van der Waals surface area contributed by atoms with Crippen molar-refractivity contribution in [1.29, 1.82) is 0 Å². The number of aromatic nitrogens is 2. The Kier molecular flexibility index (Phi) is 14.9. The van der Waals surface area contributed by atoms with Crippen LogP contribution in [0.3, 0.4) is 0 Å². The van der Waals surface area contributed by atoms with Gasteiger partial charge in [0.15, 0.2) is 5.82 Å². The van der Waals surface area contributed by atoms with E-state index in [4.69, 9.17) is 9.97 Å². The van der Waals surface area contributed by atoms with E-state index in [1.807, 2.05) is 0 Å². The second-order valence-corrected chi connectivity index (χ2v) is 13.0. The van der Waals surface area contributed by atoms with Crippen LogP contribution in [0.25, 0.3) is 11.4 Å². The second-order valence-electron chi connectivity index (χ2n) is 13.0. The van der Waals surface area contributed by atoms with E-state index in [0.717, 1.165) is 62.7 Å². The lowest BCUT2D eigenvalue weighted by Gasteiger charge is -2.32. The predicted octanol–water partition coefficient (Wildman–Crippen LogP) is 10.0. The van der Waals surface area contributed by atoms with Gasteiger partial charge in [0.2, 0.25) is 0 Å². The molecule has 1 aromatic heterocycles. The predicted molar refractivity (Wildman–Crippen MR) is 192 cm³/mol. The third kappa shape index (κ3) is 9.39. The molecule has 0 aliphatic heterocycles. The highest BCUT2D eigenvalue weighted by Gasteiger charge is 2.25. The van der Waals surface area contributed by atoms with Crippen molar-refractivity contribution >= 4 is 5.82 Å². The number of anilines is 1. The Bertz CT molecular complexity index is 1260. The van der Waals surface area contributed by atoms with Gasteiger partial charge in [-0.3, -0.25) is 4.90 Å². The minimum Gasteiger partial charge on any atom is -0.356 e. The zero-order valence-corrected chi connectivity index (χ0v) is 29.7. The second kappa shape index (κ2) is 18.3. The monoisotopic (exact) mass is 598 g/mol. The van der Waals surface area contributed by atoms with E-state index in [-0.39, 0.29) is 0 Å². The van der Waals surface area contributed by atoms with Crippen LogP contribution in [0.4, 0.5) is 5.82 Å². The molecule has 0 bridgehead atoms. The van der Waals surface area contributed by atoms with Gasteiger partial charge in [-0.25, -0.2) is 9.97 Å². The van der Waals surface area contributed by atoms with Gasteiger partial charge in [-0.2, -0.15) is 0 Å².